The predicted molar refractivity (Wildman–Crippen MR) is 72.0 cm³/mol. The average molecular weight is 291 g/mol. The highest BCUT2D eigenvalue weighted by Crippen LogP contribution is 2.29. The molecule has 2 rings (SSSR count). The van der Waals surface area contributed by atoms with Gasteiger partial charge in [-0.25, -0.2) is 9.18 Å². The molecule has 0 saturated carbocycles. The number of nitrogens with zero attached hydrogens (tertiary/aromatic N) is 1. The maximum atomic E-state index is 13.7. The zero-order valence-corrected chi connectivity index (χ0v) is 10.9. The molecule has 0 aliphatic heterocycles. The van der Waals surface area contributed by atoms with Crippen LogP contribution >= 0.6 is 0 Å². The number of halogens is 1. The third kappa shape index (κ3) is 2.97. The molecule has 0 atom stereocenters. The predicted octanol–water partition coefficient (Wildman–Crippen LogP) is 3.11. The molecular formula is C14H10FNO5. The Morgan fingerprint density at radius 3 is 2.48 bits per heavy atom. The first kappa shape index (κ1) is 14.4. The topological polar surface area (TPSA) is 89.7 Å². The number of non-ortho nitro benzene ring substituents is 1. The Balaban J connectivity index is 2.59. The Hall–Kier alpha value is -2.96. The van der Waals surface area contributed by atoms with Crippen LogP contribution in [0.2, 0.25) is 0 Å². The van der Waals surface area contributed by atoms with E-state index in [0.717, 1.165) is 12.1 Å². The largest absolute Gasteiger partial charge is 0.494 e. The maximum absolute atomic E-state index is 13.7. The molecule has 6 nitrogen and oxygen atoms in total. The highest BCUT2D eigenvalue weighted by Gasteiger charge is 2.15. The minimum atomic E-state index is -1.30. The Bertz CT molecular complexity index is 697. The summed E-state index contributed by atoms with van der Waals surface area (Å²) in [6.45, 7) is 0. The fraction of sp³-hybridized carbons (Fsp3) is 0.0714. The van der Waals surface area contributed by atoms with E-state index in [4.69, 9.17) is 9.84 Å². The van der Waals surface area contributed by atoms with Crippen LogP contribution in [0.4, 0.5) is 10.1 Å². The van der Waals surface area contributed by atoms with Gasteiger partial charge in [0, 0.05) is 12.1 Å². The van der Waals surface area contributed by atoms with E-state index >= 15 is 0 Å². The number of aromatic carboxylic acids is 1. The van der Waals surface area contributed by atoms with E-state index in [1.165, 1.54) is 31.4 Å². The quantitative estimate of drug-likeness (QED) is 0.690. The van der Waals surface area contributed by atoms with Crippen LogP contribution in [0, 0.1) is 15.9 Å². The first-order valence-corrected chi connectivity index (χ1v) is 5.79. The van der Waals surface area contributed by atoms with Gasteiger partial charge in [0.1, 0.15) is 0 Å². The van der Waals surface area contributed by atoms with Crippen LogP contribution in [0.1, 0.15) is 10.4 Å². The number of carboxylic acids is 1. The Morgan fingerprint density at radius 2 is 1.95 bits per heavy atom. The summed E-state index contributed by atoms with van der Waals surface area (Å²) in [5, 5.41) is 19.8. The molecule has 0 aliphatic rings. The van der Waals surface area contributed by atoms with Crippen LogP contribution in [-0.4, -0.2) is 23.1 Å². The second-order valence-corrected chi connectivity index (χ2v) is 4.18. The normalized spacial score (nSPS) is 10.2. The van der Waals surface area contributed by atoms with Crippen molar-refractivity contribution < 1.29 is 24.0 Å². The first-order chi connectivity index (χ1) is 9.92. The molecule has 108 valence electrons. The van der Waals surface area contributed by atoms with Crippen molar-refractivity contribution in [2.24, 2.45) is 0 Å². The second-order valence-electron chi connectivity index (χ2n) is 4.18. The molecule has 7 heteroatoms. The minimum Gasteiger partial charge on any atom is -0.494 e. The van der Waals surface area contributed by atoms with Gasteiger partial charge in [0.25, 0.3) is 5.69 Å². The Morgan fingerprint density at radius 1 is 1.24 bits per heavy atom. The van der Waals surface area contributed by atoms with Crippen LogP contribution in [0.3, 0.4) is 0 Å². The molecular weight excluding hydrogens is 281 g/mol. The lowest BCUT2D eigenvalue weighted by Gasteiger charge is -2.06. The maximum Gasteiger partial charge on any atom is 0.335 e. The number of carbonyl (C=O) groups is 1. The van der Waals surface area contributed by atoms with E-state index in [1.807, 2.05) is 0 Å². The van der Waals surface area contributed by atoms with Gasteiger partial charge in [-0.15, -0.1) is 0 Å². The van der Waals surface area contributed by atoms with E-state index in [0.29, 0.717) is 5.56 Å². The lowest BCUT2D eigenvalue weighted by atomic mass is 10.0. The van der Waals surface area contributed by atoms with E-state index < -0.39 is 16.7 Å². The number of nitro groups is 1. The van der Waals surface area contributed by atoms with E-state index in [9.17, 15) is 19.3 Å². The average Bonchev–Trinajstić information content (AvgIpc) is 2.46. The number of benzene rings is 2. The van der Waals surface area contributed by atoms with E-state index in [2.05, 4.69) is 0 Å². The van der Waals surface area contributed by atoms with Crippen LogP contribution in [0.15, 0.2) is 36.4 Å². The van der Waals surface area contributed by atoms with E-state index in [1.54, 1.807) is 0 Å². The number of nitro benzene ring substituents is 1. The zero-order chi connectivity index (χ0) is 15.6. The third-order valence-corrected chi connectivity index (χ3v) is 2.86. The van der Waals surface area contributed by atoms with Crippen molar-refractivity contribution >= 4 is 11.7 Å². The Kier molecular flexibility index (Phi) is 3.84. The molecule has 2 aromatic rings. The SMILES string of the molecule is COc1ccc(-c2cc(C(=O)O)cc([N+](=O)[O-])c2)cc1F. The van der Waals surface area contributed by atoms with Crippen LogP contribution < -0.4 is 4.74 Å². The standard InChI is InChI=1S/C14H10FNO5/c1-21-13-3-2-8(7-12(13)15)9-4-10(14(17)18)6-11(5-9)16(19)20/h2-7H,1H3,(H,17,18). The highest BCUT2D eigenvalue weighted by atomic mass is 19.1. The van der Waals surface area contributed by atoms with E-state index in [-0.39, 0.29) is 22.6 Å². The van der Waals surface area contributed by atoms with Gasteiger partial charge in [-0.05, 0) is 29.3 Å². The lowest BCUT2D eigenvalue weighted by molar-refractivity contribution is -0.384. The van der Waals surface area contributed by atoms with Crippen molar-refractivity contribution in [1.29, 1.82) is 0 Å². The van der Waals surface area contributed by atoms with Gasteiger partial charge >= 0.3 is 5.97 Å². The summed E-state index contributed by atoms with van der Waals surface area (Å²) in [7, 11) is 1.31. The molecule has 0 bridgehead atoms. The molecule has 0 fully saturated rings. The molecule has 21 heavy (non-hydrogen) atoms. The summed E-state index contributed by atoms with van der Waals surface area (Å²) in [6, 6.07) is 7.37. The van der Waals surface area contributed by atoms with Gasteiger partial charge in [0.15, 0.2) is 11.6 Å². The van der Waals surface area contributed by atoms with Gasteiger partial charge in [-0.1, -0.05) is 6.07 Å². The molecule has 0 aromatic heterocycles. The first-order valence-electron chi connectivity index (χ1n) is 5.79. The van der Waals surface area contributed by atoms with Crippen molar-refractivity contribution in [3.63, 3.8) is 0 Å². The molecule has 1 N–H and O–H groups in total. The summed E-state index contributed by atoms with van der Waals surface area (Å²) in [5.74, 6) is -1.91. The zero-order valence-electron chi connectivity index (χ0n) is 10.9. The van der Waals surface area contributed by atoms with Crippen LogP contribution in [-0.2, 0) is 0 Å². The fourth-order valence-electron chi connectivity index (χ4n) is 1.85. The summed E-state index contributed by atoms with van der Waals surface area (Å²) in [4.78, 5) is 21.2. The van der Waals surface area contributed by atoms with Gasteiger partial charge in [0.2, 0.25) is 0 Å². The molecule has 0 aliphatic carbocycles. The van der Waals surface area contributed by atoms with Crippen LogP contribution in [0.25, 0.3) is 11.1 Å². The number of rotatable bonds is 4. The molecule has 0 spiro atoms. The number of carboxylic acid groups (broad SMARTS) is 1. The molecule has 0 heterocycles. The highest BCUT2D eigenvalue weighted by molar-refractivity contribution is 5.90. The lowest BCUT2D eigenvalue weighted by Crippen LogP contribution is -1.99. The molecule has 0 saturated heterocycles. The Labute approximate surface area is 118 Å². The summed E-state index contributed by atoms with van der Waals surface area (Å²) in [5.41, 5.74) is -0.0563. The summed E-state index contributed by atoms with van der Waals surface area (Å²) in [6.07, 6.45) is 0. The van der Waals surface area contributed by atoms with Crippen molar-refractivity contribution in [3.05, 3.63) is 57.9 Å². The molecule has 0 radical (unpaired) electrons. The molecule has 0 amide bonds. The second kappa shape index (κ2) is 5.58. The van der Waals surface area contributed by atoms with Gasteiger partial charge < -0.3 is 9.84 Å². The summed E-state index contributed by atoms with van der Waals surface area (Å²) >= 11 is 0. The third-order valence-electron chi connectivity index (χ3n) is 2.86. The number of ether oxygens (including phenoxy) is 1. The molecule has 2 aromatic carbocycles. The number of methoxy groups -OCH3 is 1. The number of hydrogen-bond acceptors (Lipinski definition) is 4. The van der Waals surface area contributed by atoms with Gasteiger partial charge in [0.05, 0.1) is 17.6 Å². The molecule has 0 unspecified atom stereocenters. The van der Waals surface area contributed by atoms with Gasteiger partial charge in [-0.2, -0.15) is 0 Å². The summed E-state index contributed by atoms with van der Waals surface area (Å²) < 4.78 is 18.5. The number of hydrogen-bond donors (Lipinski definition) is 1. The van der Waals surface area contributed by atoms with Crippen LogP contribution in [0.5, 0.6) is 5.75 Å². The minimum absolute atomic E-state index is 0.0302. The van der Waals surface area contributed by atoms with Crippen molar-refractivity contribution in [3.8, 4) is 16.9 Å². The van der Waals surface area contributed by atoms with Crippen molar-refractivity contribution in [2.75, 3.05) is 7.11 Å². The fourth-order valence-corrected chi connectivity index (χ4v) is 1.85. The van der Waals surface area contributed by atoms with Gasteiger partial charge in [-0.3, -0.25) is 10.1 Å². The van der Waals surface area contributed by atoms with Crippen molar-refractivity contribution in [2.45, 2.75) is 0 Å². The van der Waals surface area contributed by atoms with Crippen molar-refractivity contribution in [1.82, 2.24) is 0 Å². The monoisotopic (exact) mass is 291 g/mol. The smallest absolute Gasteiger partial charge is 0.335 e.